The third-order valence-corrected chi connectivity index (χ3v) is 5.79. The van der Waals surface area contributed by atoms with Crippen LogP contribution in [0.25, 0.3) is 0 Å². The predicted molar refractivity (Wildman–Crippen MR) is 107 cm³/mol. The molecule has 146 valence electrons. The van der Waals surface area contributed by atoms with Crippen LogP contribution in [-0.2, 0) is 14.6 Å². The Bertz CT molecular complexity index is 904. The van der Waals surface area contributed by atoms with Crippen molar-refractivity contribution in [2.45, 2.75) is 51.2 Å². The summed E-state index contributed by atoms with van der Waals surface area (Å²) in [5.74, 6) is 0.484. The summed E-state index contributed by atoms with van der Waals surface area (Å²) in [5, 5.41) is 2.98. The van der Waals surface area contributed by atoms with Crippen LogP contribution in [0.4, 0.5) is 0 Å². The van der Waals surface area contributed by atoms with Gasteiger partial charge in [0.1, 0.15) is 5.75 Å². The Labute approximate surface area is 161 Å². The maximum absolute atomic E-state index is 12.6. The smallest absolute Gasteiger partial charge is 0.261 e. The Morgan fingerprint density at radius 2 is 1.74 bits per heavy atom. The van der Waals surface area contributed by atoms with Gasteiger partial charge in [0, 0.05) is 6.26 Å². The van der Waals surface area contributed by atoms with E-state index in [-0.39, 0.29) is 16.8 Å². The number of benzene rings is 2. The van der Waals surface area contributed by atoms with Gasteiger partial charge in [-0.2, -0.15) is 0 Å². The van der Waals surface area contributed by atoms with Gasteiger partial charge in [0.2, 0.25) is 0 Å². The highest BCUT2D eigenvalue weighted by atomic mass is 32.2. The van der Waals surface area contributed by atoms with E-state index in [1.54, 1.807) is 31.2 Å². The minimum Gasteiger partial charge on any atom is -0.481 e. The zero-order chi connectivity index (χ0) is 20.2. The summed E-state index contributed by atoms with van der Waals surface area (Å²) in [5.41, 5.74) is 2.98. The fraction of sp³-hybridized carbons (Fsp3) is 0.381. The van der Waals surface area contributed by atoms with E-state index in [9.17, 15) is 13.2 Å². The van der Waals surface area contributed by atoms with Crippen molar-refractivity contribution >= 4 is 15.7 Å². The summed E-state index contributed by atoms with van der Waals surface area (Å²) in [4.78, 5) is 12.8. The average molecular weight is 390 g/mol. The third-order valence-electron chi connectivity index (χ3n) is 4.66. The van der Waals surface area contributed by atoms with E-state index in [4.69, 9.17) is 4.74 Å². The van der Waals surface area contributed by atoms with Crippen LogP contribution in [0.15, 0.2) is 47.4 Å². The molecule has 0 radical (unpaired) electrons. The number of aryl methyl sites for hydroxylation is 1. The van der Waals surface area contributed by atoms with Gasteiger partial charge in [0.25, 0.3) is 5.91 Å². The highest BCUT2D eigenvalue weighted by Crippen LogP contribution is 2.23. The van der Waals surface area contributed by atoms with E-state index >= 15 is 0 Å². The van der Waals surface area contributed by atoms with Gasteiger partial charge < -0.3 is 10.1 Å². The van der Waals surface area contributed by atoms with Gasteiger partial charge in [-0.1, -0.05) is 31.2 Å². The van der Waals surface area contributed by atoms with Gasteiger partial charge >= 0.3 is 0 Å². The molecule has 0 aromatic heterocycles. The number of carbonyl (C=O) groups is 1. The molecule has 0 heterocycles. The molecule has 0 fully saturated rings. The maximum Gasteiger partial charge on any atom is 0.261 e. The fourth-order valence-corrected chi connectivity index (χ4v) is 3.38. The lowest BCUT2D eigenvalue weighted by atomic mass is 10.0. The van der Waals surface area contributed by atoms with Crippen molar-refractivity contribution in [1.29, 1.82) is 0 Å². The molecule has 0 aliphatic heterocycles. The average Bonchev–Trinajstić information content (AvgIpc) is 2.62. The first-order valence-corrected chi connectivity index (χ1v) is 10.9. The van der Waals surface area contributed by atoms with Crippen molar-refractivity contribution in [3.63, 3.8) is 0 Å². The van der Waals surface area contributed by atoms with Gasteiger partial charge in [-0.15, -0.1) is 0 Å². The van der Waals surface area contributed by atoms with E-state index in [1.165, 1.54) is 6.26 Å². The lowest BCUT2D eigenvalue weighted by Gasteiger charge is -2.22. The van der Waals surface area contributed by atoms with E-state index in [0.29, 0.717) is 12.2 Å². The molecule has 5 nitrogen and oxygen atoms in total. The van der Waals surface area contributed by atoms with Crippen molar-refractivity contribution in [3.8, 4) is 5.75 Å². The van der Waals surface area contributed by atoms with Crippen molar-refractivity contribution in [1.82, 2.24) is 5.32 Å². The first-order valence-electron chi connectivity index (χ1n) is 8.96. The molecule has 2 aromatic carbocycles. The lowest BCUT2D eigenvalue weighted by molar-refractivity contribution is -0.128. The van der Waals surface area contributed by atoms with Gasteiger partial charge in [-0.05, 0) is 62.1 Å². The Hall–Kier alpha value is -2.34. The van der Waals surface area contributed by atoms with Gasteiger partial charge in [0.15, 0.2) is 15.9 Å². The molecule has 1 amide bonds. The molecule has 0 bridgehead atoms. The summed E-state index contributed by atoms with van der Waals surface area (Å²) >= 11 is 0. The monoisotopic (exact) mass is 389 g/mol. The number of nitrogens with one attached hydrogen (secondary N) is 1. The molecule has 6 heteroatoms. The third kappa shape index (κ3) is 5.32. The van der Waals surface area contributed by atoms with Crippen LogP contribution < -0.4 is 10.1 Å². The predicted octanol–water partition coefficient (Wildman–Crippen LogP) is 3.74. The molecular weight excluding hydrogens is 362 g/mol. The van der Waals surface area contributed by atoms with Crippen LogP contribution in [-0.4, -0.2) is 26.7 Å². The normalized spacial score (nSPS) is 13.7. The number of carbonyl (C=O) groups excluding carboxylic acids is 1. The molecule has 2 atom stereocenters. The standard InChI is InChI=1S/C21H27NO4S/c1-6-19(17-10-12-18(13-11-17)27(5,24)25)22-21(23)16(4)26-20-9-7-8-14(2)15(20)3/h7-13,16,19H,6H2,1-5H3,(H,22,23)/t16-,19+/m0/s1. The first-order chi connectivity index (χ1) is 12.6. The van der Waals surface area contributed by atoms with Crippen molar-refractivity contribution in [2.75, 3.05) is 6.26 Å². The van der Waals surface area contributed by atoms with Crippen LogP contribution in [0.3, 0.4) is 0 Å². The number of rotatable bonds is 7. The van der Waals surface area contributed by atoms with Crippen LogP contribution >= 0.6 is 0 Å². The zero-order valence-electron chi connectivity index (χ0n) is 16.4. The van der Waals surface area contributed by atoms with E-state index in [1.807, 2.05) is 39.0 Å². The number of hydrogen-bond donors (Lipinski definition) is 1. The minimum absolute atomic E-state index is 0.212. The molecule has 0 saturated heterocycles. The molecule has 1 N–H and O–H groups in total. The van der Waals surface area contributed by atoms with E-state index in [2.05, 4.69) is 5.32 Å². The number of hydrogen-bond acceptors (Lipinski definition) is 4. The van der Waals surface area contributed by atoms with Crippen LogP contribution in [0, 0.1) is 13.8 Å². The molecule has 2 aromatic rings. The van der Waals surface area contributed by atoms with E-state index in [0.717, 1.165) is 16.7 Å². The second-order valence-corrected chi connectivity index (χ2v) is 8.78. The summed E-state index contributed by atoms with van der Waals surface area (Å²) < 4.78 is 29.0. The van der Waals surface area contributed by atoms with Gasteiger partial charge in [-0.25, -0.2) is 8.42 Å². The lowest BCUT2D eigenvalue weighted by Crippen LogP contribution is -2.38. The molecule has 0 unspecified atom stereocenters. The van der Waals surface area contributed by atoms with E-state index < -0.39 is 15.9 Å². The summed E-state index contributed by atoms with van der Waals surface area (Å²) in [6.07, 6.45) is 1.21. The SMILES string of the molecule is CC[C@@H](NC(=O)[C@H](C)Oc1cccc(C)c1C)c1ccc(S(C)(=O)=O)cc1. The second kappa shape index (κ2) is 8.57. The van der Waals surface area contributed by atoms with Crippen molar-refractivity contribution in [3.05, 3.63) is 59.2 Å². The molecule has 0 saturated carbocycles. The van der Waals surface area contributed by atoms with Crippen LogP contribution in [0.1, 0.15) is 43.0 Å². The molecule has 0 aliphatic carbocycles. The van der Waals surface area contributed by atoms with Gasteiger partial charge in [0.05, 0.1) is 10.9 Å². The topological polar surface area (TPSA) is 72.5 Å². The molecule has 2 rings (SSSR count). The molecular formula is C21H27NO4S. The molecule has 27 heavy (non-hydrogen) atoms. The maximum atomic E-state index is 12.6. The second-order valence-electron chi connectivity index (χ2n) is 6.77. The zero-order valence-corrected chi connectivity index (χ0v) is 17.3. The van der Waals surface area contributed by atoms with Crippen molar-refractivity contribution < 1.29 is 17.9 Å². The fourth-order valence-electron chi connectivity index (χ4n) is 2.75. The Balaban J connectivity index is 2.08. The quantitative estimate of drug-likeness (QED) is 0.783. The first kappa shape index (κ1) is 21.0. The summed E-state index contributed by atoms with van der Waals surface area (Å²) in [6, 6.07) is 12.2. The number of amides is 1. The summed E-state index contributed by atoms with van der Waals surface area (Å²) in [7, 11) is -3.24. The minimum atomic E-state index is -3.24. The molecule has 0 aliphatic rings. The largest absolute Gasteiger partial charge is 0.481 e. The number of sulfone groups is 1. The van der Waals surface area contributed by atoms with Gasteiger partial charge in [-0.3, -0.25) is 4.79 Å². The van der Waals surface area contributed by atoms with Crippen LogP contribution in [0.5, 0.6) is 5.75 Å². The highest BCUT2D eigenvalue weighted by molar-refractivity contribution is 7.90. The van der Waals surface area contributed by atoms with Crippen LogP contribution in [0.2, 0.25) is 0 Å². The molecule has 0 spiro atoms. The Kier molecular flexibility index (Phi) is 6.65. The Morgan fingerprint density at radius 3 is 2.30 bits per heavy atom. The van der Waals surface area contributed by atoms with Crippen molar-refractivity contribution in [2.24, 2.45) is 0 Å². The highest BCUT2D eigenvalue weighted by Gasteiger charge is 2.20. The number of ether oxygens (including phenoxy) is 1. The summed E-state index contributed by atoms with van der Waals surface area (Å²) in [6.45, 7) is 7.65. The Morgan fingerprint density at radius 1 is 1.11 bits per heavy atom.